The van der Waals surface area contributed by atoms with Crippen molar-refractivity contribution in [3.63, 3.8) is 0 Å². The number of nitrogens with one attached hydrogen (secondary N) is 2. The molecule has 0 saturated heterocycles. The highest BCUT2D eigenvalue weighted by atomic mass is 35.5. The van der Waals surface area contributed by atoms with E-state index in [0.29, 0.717) is 16.5 Å². The molecule has 3 aromatic carbocycles. The maximum atomic E-state index is 13.0. The van der Waals surface area contributed by atoms with Gasteiger partial charge in [0.2, 0.25) is 0 Å². The summed E-state index contributed by atoms with van der Waals surface area (Å²) in [6.07, 6.45) is -0.799. The second-order valence-electron chi connectivity index (χ2n) is 6.34. The van der Waals surface area contributed by atoms with Gasteiger partial charge in [-0.05, 0) is 73.7 Å². The fourth-order valence-electron chi connectivity index (χ4n) is 2.49. The summed E-state index contributed by atoms with van der Waals surface area (Å²) < 4.78 is 45.7. The number of carbonyl (C=O) groups excluding carboxylic acids is 1. The zero-order valence-electron chi connectivity index (χ0n) is 15.8. The molecule has 3 rings (SSSR count). The van der Waals surface area contributed by atoms with E-state index in [4.69, 9.17) is 16.3 Å². The monoisotopic (exact) mass is 448 g/mol. The quantitative estimate of drug-likeness (QED) is 0.549. The van der Waals surface area contributed by atoms with Crippen LogP contribution < -0.4 is 14.8 Å². The van der Waals surface area contributed by atoms with Crippen molar-refractivity contribution >= 4 is 38.9 Å². The molecular weight excluding hydrogens is 431 g/mol. The van der Waals surface area contributed by atoms with E-state index in [2.05, 4.69) is 10.0 Å². The lowest BCUT2D eigenvalue weighted by Crippen LogP contribution is -2.30. The number of anilines is 2. The Hall–Kier alpha value is -3.10. The summed E-state index contributed by atoms with van der Waals surface area (Å²) in [6.45, 7) is 1.59. The van der Waals surface area contributed by atoms with Crippen molar-refractivity contribution in [1.82, 2.24) is 0 Å². The Kier molecular flexibility index (Phi) is 6.59. The predicted molar refractivity (Wildman–Crippen MR) is 114 cm³/mol. The Balaban J connectivity index is 1.63. The van der Waals surface area contributed by atoms with Gasteiger partial charge in [-0.25, -0.2) is 12.8 Å². The minimum absolute atomic E-state index is 0.00644. The van der Waals surface area contributed by atoms with Crippen LogP contribution >= 0.6 is 11.6 Å². The molecule has 0 heterocycles. The number of amides is 1. The second-order valence-corrected chi connectivity index (χ2v) is 8.46. The van der Waals surface area contributed by atoms with Crippen molar-refractivity contribution in [2.75, 3.05) is 10.0 Å². The number of hydrogen-bond acceptors (Lipinski definition) is 4. The van der Waals surface area contributed by atoms with Crippen molar-refractivity contribution in [3.05, 3.63) is 83.6 Å². The Morgan fingerprint density at radius 1 is 1.00 bits per heavy atom. The van der Waals surface area contributed by atoms with Crippen LogP contribution in [0.25, 0.3) is 0 Å². The largest absolute Gasteiger partial charge is 0.481 e. The molecular formula is C21H18ClFN2O4S. The van der Waals surface area contributed by atoms with E-state index in [0.717, 1.165) is 12.1 Å². The fourth-order valence-corrected chi connectivity index (χ4v) is 3.73. The molecule has 30 heavy (non-hydrogen) atoms. The van der Waals surface area contributed by atoms with Crippen LogP contribution in [0.4, 0.5) is 15.8 Å². The van der Waals surface area contributed by atoms with Gasteiger partial charge in [0.1, 0.15) is 11.6 Å². The topological polar surface area (TPSA) is 84.5 Å². The van der Waals surface area contributed by atoms with E-state index in [1.54, 1.807) is 31.2 Å². The molecule has 0 spiro atoms. The molecule has 0 fully saturated rings. The van der Waals surface area contributed by atoms with Gasteiger partial charge >= 0.3 is 0 Å². The molecule has 1 amide bonds. The first kappa shape index (κ1) is 21.6. The minimum Gasteiger partial charge on any atom is -0.481 e. The third kappa shape index (κ3) is 5.71. The molecule has 156 valence electrons. The zero-order valence-corrected chi connectivity index (χ0v) is 17.4. The van der Waals surface area contributed by atoms with Gasteiger partial charge in [-0.1, -0.05) is 17.7 Å². The molecule has 0 unspecified atom stereocenters. The summed E-state index contributed by atoms with van der Waals surface area (Å²) in [5.41, 5.74) is 0.642. The van der Waals surface area contributed by atoms with Crippen LogP contribution in [-0.2, 0) is 14.8 Å². The van der Waals surface area contributed by atoms with Gasteiger partial charge in [-0.15, -0.1) is 0 Å². The number of hydrogen-bond donors (Lipinski definition) is 2. The molecule has 2 N–H and O–H groups in total. The first-order valence-corrected chi connectivity index (χ1v) is 10.7. The van der Waals surface area contributed by atoms with Crippen LogP contribution in [-0.4, -0.2) is 20.4 Å². The van der Waals surface area contributed by atoms with Gasteiger partial charge in [0.15, 0.2) is 6.10 Å². The number of ether oxygens (including phenoxy) is 1. The van der Waals surface area contributed by atoms with E-state index < -0.39 is 27.9 Å². The Morgan fingerprint density at radius 2 is 1.63 bits per heavy atom. The predicted octanol–water partition coefficient (Wildman–Crippen LogP) is 4.69. The van der Waals surface area contributed by atoms with E-state index in [9.17, 15) is 17.6 Å². The van der Waals surface area contributed by atoms with E-state index in [1.165, 1.54) is 36.4 Å². The summed E-state index contributed by atoms with van der Waals surface area (Å²) in [7, 11) is -3.85. The van der Waals surface area contributed by atoms with Crippen LogP contribution in [0.5, 0.6) is 5.75 Å². The molecule has 3 aromatic rings. The molecule has 0 radical (unpaired) electrons. The van der Waals surface area contributed by atoms with Gasteiger partial charge in [0.05, 0.1) is 4.90 Å². The van der Waals surface area contributed by atoms with Crippen molar-refractivity contribution in [2.24, 2.45) is 0 Å². The maximum Gasteiger partial charge on any atom is 0.265 e. The summed E-state index contributed by atoms with van der Waals surface area (Å²) in [5, 5.41) is 3.15. The number of carbonyl (C=O) groups is 1. The molecule has 0 bridgehead atoms. The van der Waals surface area contributed by atoms with Gasteiger partial charge in [0, 0.05) is 16.4 Å². The smallest absolute Gasteiger partial charge is 0.265 e. The molecule has 6 nitrogen and oxygen atoms in total. The van der Waals surface area contributed by atoms with E-state index in [1.807, 2.05) is 0 Å². The van der Waals surface area contributed by atoms with Gasteiger partial charge < -0.3 is 10.1 Å². The first-order valence-electron chi connectivity index (χ1n) is 8.84. The Morgan fingerprint density at radius 3 is 2.27 bits per heavy atom. The lowest BCUT2D eigenvalue weighted by Gasteiger charge is -2.15. The lowest BCUT2D eigenvalue weighted by atomic mass is 10.3. The average Bonchev–Trinajstić information content (AvgIpc) is 2.70. The summed E-state index contributed by atoms with van der Waals surface area (Å²) in [6, 6.07) is 17.3. The number of sulfonamides is 1. The van der Waals surface area contributed by atoms with Crippen molar-refractivity contribution in [3.8, 4) is 5.75 Å². The number of benzene rings is 3. The van der Waals surface area contributed by atoms with Crippen LogP contribution in [0.3, 0.4) is 0 Å². The number of halogens is 2. The van der Waals surface area contributed by atoms with Gasteiger partial charge in [-0.2, -0.15) is 0 Å². The summed E-state index contributed by atoms with van der Waals surface area (Å²) >= 11 is 5.90. The highest BCUT2D eigenvalue weighted by Gasteiger charge is 2.17. The van der Waals surface area contributed by atoms with Crippen LogP contribution in [0.15, 0.2) is 77.7 Å². The standard InChI is InChI=1S/C21H18ClFN2O4S/c1-14(29-19-4-2-3-15(22)13-19)21(26)24-17-9-11-20(12-10-17)30(27,28)25-18-7-5-16(23)6-8-18/h2-14,25H,1H3,(H,24,26)/t14-/m0/s1. The molecule has 9 heteroatoms. The van der Waals surface area contributed by atoms with Crippen molar-refractivity contribution < 1.29 is 22.3 Å². The van der Waals surface area contributed by atoms with Gasteiger partial charge in [0.25, 0.3) is 15.9 Å². The maximum absolute atomic E-state index is 13.0. The molecule has 1 atom stereocenters. The lowest BCUT2D eigenvalue weighted by molar-refractivity contribution is -0.122. The Labute approximate surface area is 178 Å². The molecule has 0 aliphatic carbocycles. The SMILES string of the molecule is C[C@H](Oc1cccc(Cl)c1)C(=O)Nc1ccc(S(=O)(=O)Nc2ccc(F)cc2)cc1. The third-order valence-electron chi connectivity index (χ3n) is 4.01. The van der Waals surface area contributed by atoms with Crippen LogP contribution in [0.2, 0.25) is 5.02 Å². The van der Waals surface area contributed by atoms with Gasteiger partial charge in [-0.3, -0.25) is 9.52 Å². The molecule has 0 aliphatic heterocycles. The Bertz CT molecular complexity index is 1140. The molecule has 0 saturated carbocycles. The van der Waals surface area contributed by atoms with Crippen LogP contribution in [0, 0.1) is 5.82 Å². The van der Waals surface area contributed by atoms with E-state index in [-0.39, 0.29) is 10.6 Å². The third-order valence-corrected chi connectivity index (χ3v) is 5.64. The first-order chi connectivity index (χ1) is 14.2. The van der Waals surface area contributed by atoms with E-state index >= 15 is 0 Å². The zero-order chi connectivity index (χ0) is 21.7. The molecule has 0 aromatic heterocycles. The minimum atomic E-state index is -3.85. The van der Waals surface area contributed by atoms with Crippen LogP contribution in [0.1, 0.15) is 6.92 Å². The second kappa shape index (κ2) is 9.15. The van der Waals surface area contributed by atoms with Crippen molar-refractivity contribution in [1.29, 1.82) is 0 Å². The summed E-state index contributed by atoms with van der Waals surface area (Å²) in [5.74, 6) is -0.417. The number of rotatable bonds is 7. The highest BCUT2D eigenvalue weighted by molar-refractivity contribution is 7.92. The summed E-state index contributed by atoms with van der Waals surface area (Å²) in [4.78, 5) is 12.3. The fraction of sp³-hybridized carbons (Fsp3) is 0.0952. The van der Waals surface area contributed by atoms with Crippen molar-refractivity contribution in [2.45, 2.75) is 17.9 Å². The normalized spacial score (nSPS) is 12.1. The highest BCUT2D eigenvalue weighted by Crippen LogP contribution is 2.20. The molecule has 0 aliphatic rings. The average molecular weight is 449 g/mol.